The number of rotatable bonds is 5. The molecule has 0 amide bonds. The second-order valence-corrected chi connectivity index (χ2v) is 16.8. The lowest BCUT2D eigenvalue weighted by molar-refractivity contribution is 0.729. The molecule has 0 radical (unpaired) electrons. The van der Waals surface area contributed by atoms with Gasteiger partial charge in [-0.05, 0) is 133 Å². The first-order chi connectivity index (χ1) is 30.7. The minimum Gasteiger partial charge on any atom is -0.361 e. The summed E-state index contributed by atoms with van der Waals surface area (Å²) in [7, 11) is 0. The molecule has 2 heterocycles. The number of para-hydroxylation sites is 1. The van der Waals surface area contributed by atoms with Gasteiger partial charge in [0.25, 0.3) is 0 Å². The number of allylic oxidation sites excluding steroid dienone is 5. The van der Waals surface area contributed by atoms with Crippen molar-refractivity contribution in [2.45, 2.75) is 18.9 Å². The highest BCUT2D eigenvalue weighted by Crippen LogP contribution is 2.40. The van der Waals surface area contributed by atoms with Crippen molar-refractivity contribution in [3.05, 3.63) is 236 Å². The van der Waals surface area contributed by atoms with E-state index in [1.807, 2.05) is 0 Å². The lowest BCUT2D eigenvalue weighted by atomic mass is 9.88. The van der Waals surface area contributed by atoms with Crippen molar-refractivity contribution in [1.82, 2.24) is 4.57 Å². The third-order valence-electron chi connectivity index (χ3n) is 13.2. The molecule has 12 rings (SSSR count). The van der Waals surface area contributed by atoms with Crippen LogP contribution in [-0.2, 0) is 6.42 Å². The molecule has 0 saturated carbocycles. The number of fused-ring (bicyclic) bond motifs is 10. The Morgan fingerprint density at radius 1 is 0.403 bits per heavy atom. The van der Waals surface area contributed by atoms with Crippen molar-refractivity contribution in [2.24, 2.45) is 0 Å². The first-order valence-corrected chi connectivity index (χ1v) is 21.9. The Morgan fingerprint density at radius 2 is 0.984 bits per heavy atom. The van der Waals surface area contributed by atoms with Gasteiger partial charge in [-0.15, -0.1) is 0 Å². The molecular weight excluding hydrogens is 749 g/mol. The molecule has 1 aromatic heterocycles. The van der Waals surface area contributed by atoms with Gasteiger partial charge in [0.15, 0.2) is 0 Å². The maximum atomic E-state index is 2.61. The van der Waals surface area contributed by atoms with E-state index in [9.17, 15) is 0 Å². The quantitative estimate of drug-likeness (QED) is 0.158. The van der Waals surface area contributed by atoms with Crippen LogP contribution < -0.4 is 4.90 Å². The molecule has 0 bridgehead atoms. The van der Waals surface area contributed by atoms with Crippen molar-refractivity contribution in [1.29, 1.82) is 0 Å². The summed E-state index contributed by atoms with van der Waals surface area (Å²) in [5.41, 5.74) is 13.8. The highest BCUT2D eigenvalue weighted by Gasteiger charge is 2.23. The Bertz CT molecular complexity index is 3450. The number of hydrogen-bond acceptors (Lipinski definition) is 1. The Balaban J connectivity index is 0.883. The topological polar surface area (TPSA) is 8.17 Å². The Morgan fingerprint density at radius 3 is 1.77 bits per heavy atom. The lowest BCUT2D eigenvalue weighted by Crippen LogP contribution is -2.35. The average Bonchev–Trinajstić information content (AvgIpc) is 3.72. The lowest BCUT2D eigenvalue weighted by Gasteiger charge is -2.35. The van der Waals surface area contributed by atoms with Gasteiger partial charge in [-0.2, -0.15) is 0 Å². The van der Waals surface area contributed by atoms with Gasteiger partial charge in [-0.25, -0.2) is 0 Å². The number of hydrogen-bond donors (Lipinski definition) is 0. The van der Waals surface area contributed by atoms with Crippen molar-refractivity contribution < 1.29 is 0 Å². The molecular formula is C60H44N2. The van der Waals surface area contributed by atoms with Crippen LogP contribution in [0.2, 0.25) is 0 Å². The third kappa shape index (κ3) is 6.18. The highest BCUT2D eigenvalue weighted by molar-refractivity contribution is 6.25. The van der Waals surface area contributed by atoms with Crippen molar-refractivity contribution in [3.8, 4) is 27.9 Å². The number of benzene rings is 9. The first kappa shape index (κ1) is 36.2. The van der Waals surface area contributed by atoms with E-state index in [2.05, 4.69) is 234 Å². The van der Waals surface area contributed by atoms with Gasteiger partial charge < -0.3 is 9.47 Å². The summed E-state index contributed by atoms with van der Waals surface area (Å²) in [5.74, 6) is 0. The van der Waals surface area contributed by atoms with Gasteiger partial charge in [-0.1, -0.05) is 176 Å². The molecule has 0 spiro atoms. The number of aromatic nitrogens is 1. The highest BCUT2D eigenvalue weighted by atomic mass is 15.2. The molecule has 1 atom stereocenters. The summed E-state index contributed by atoms with van der Waals surface area (Å²) in [5, 5.41) is 10.4. The van der Waals surface area contributed by atoms with Gasteiger partial charge in [0.05, 0.1) is 17.1 Å². The van der Waals surface area contributed by atoms with Crippen LogP contribution in [0.25, 0.3) is 87.6 Å². The van der Waals surface area contributed by atoms with E-state index in [1.54, 1.807) is 0 Å². The zero-order valence-corrected chi connectivity index (χ0v) is 34.5. The van der Waals surface area contributed by atoms with Crippen LogP contribution in [0, 0.1) is 0 Å². The number of anilines is 1. The molecule has 10 aromatic rings. The Labute approximate surface area is 362 Å². The maximum Gasteiger partial charge on any atom is 0.0541 e. The summed E-state index contributed by atoms with van der Waals surface area (Å²) in [6.45, 7) is 0.838. The predicted octanol–water partition coefficient (Wildman–Crippen LogP) is 15.5. The minimum atomic E-state index is 0.218. The van der Waals surface area contributed by atoms with E-state index >= 15 is 0 Å². The van der Waals surface area contributed by atoms with Gasteiger partial charge in [0.1, 0.15) is 0 Å². The maximum absolute atomic E-state index is 2.61. The van der Waals surface area contributed by atoms with E-state index in [0.717, 1.165) is 19.4 Å². The van der Waals surface area contributed by atoms with Gasteiger partial charge in [-0.3, -0.25) is 0 Å². The molecule has 0 N–H and O–H groups in total. The molecule has 2 heteroatoms. The largest absolute Gasteiger partial charge is 0.361 e. The molecule has 1 aliphatic carbocycles. The van der Waals surface area contributed by atoms with Crippen molar-refractivity contribution in [3.63, 3.8) is 0 Å². The Kier molecular flexibility index (Phi) is 8.81. The second kappa shape index (κ2) is 15.1. The molecule has 1 aliphatic heterocycles. The summed E-state index contributed by atoms with van der Waals surface area (Å²) in [6, 6.07) is 67.6. The molecule has 62 heavy (non-hydrogen) atoms. The summed E-state index contributed by atoms with van der Waals surface area (Å²) < 4.78 is 2.41. The fourth-order valence-electron chi connectivity index (χ4n) is 10.2. The fraction of sp³-hybridized carbons (Fsp3) is 0.0667. The molecule has 2 nitrogen and oxygen atoms in total. The Hall–Kier alpha value is -7.68. The third-order valence-corrected chi connectivity index (χ3v) is 13.2. The summed E-state index contributed by atoms with van der Waals surface area (Å²) in [6.07, 6.45) is 17.8. The molecule has 0 saturated heterocycles. The van der Waals surface area contributed by atoms with Crippen LogP contribution in [0.4, 0.5) is 5.69 Å². The summed E-state index contributed by atoms with van der Waals surface area (Å²) in [4.78, 5) is 2.61. The zero-order valence-electron chi connectivity index (χ0n) is 34.5. The monoisotopic (exact) mass is 792 g/mol. The van der Waals surface area contributed by atoms with Crippen LogP contribution in [0.3, 0.4) is 0 Å². The van der Waals surface area contributed by atoms with Crippen LogP contribution in [0.5, 0.6) is 0 Å². The number of nitrogens with zero attached hydrogens (tertiary/aromatic N) is 2. The van der Waals surface area contributed by atoms with Crippen LogP contribution in [0.15, 0.2) is 225 Å². The average molecular weight is 793 g/mol. The standard InChI is InChI=1S/C60H44N2/c1-2-13-36-61(49-19-14-18-43(38-49)45-28-33-54-52-22-8-7-20-50(52)51-21-9-10-23-53(51)56(54)39-45)58-34-29-44(37-47(58)17-4-1)46-30-35-60-57(40-46)55-24-11-12-25-59(55)62(60)48-31-26-42(27-32-48)41-15-5-3-6-16-41/h1-16,18-35,37,39-40,49H,17,36,38H2/b4-1-,13-2-. The smallest absolute Gasteiger partial charge is 0.0541 e. The molecule has 1 unspecified atom stereocenters. The minimum absolute atomic E-state index is 0.218. The van der Waals surface area contributed by atoms with Crippen molar-refractivity contribution in [2.75, 3.05) is 11.4 Å². The van der Waals surface area contributed by atoms with Crippen LogP contribution in [0.1, 0.15) is 17.5 Å². The fourth-order valence-corrected chi connectivity index (χ4v) is 10.2. The molecule has 9 aromatic carbocycles. The SMILES string of the molecule is C1=CC(N2C/C=C\C=C/Cc3cc(-c4ccc5c(c4)c4ccccc4n5-c4ccc(-c5ccccc5)cc4)ccc32)CC(c2ccc3c4ccccc4c4ccccc4c3c2)=C1. The van der Waals surface area contributed by atoms with Gasteiger partial charge in [0, 0.05) is 28.7 Å². The predicted molar refractivity (Wildman–Crippen MR) is 265 cm³/mol. The second-order valence-electron chi connectivity index (χ2n) is 16.8. The van der Waals surface area contributed by atoms with Gasteiger partial charge >= 0.3 is 0 Å². The van der Waals surface area contributed by atoms with Crippen molar-refractivity contribution >= 4 is 65.4 Å². The molecule has 294 valence electrons. The van der Waals surface area contributed by atoms with Crippen LogP contribution >= 0.6 is 0 Å². The normalized spacial score (nSPS) is 16.3. The van der Waals surface area contributed by atoms with E-state index in [-0.39, 0.29) is 6.04 Å². The van der Waals surface area contributed by atoms with E-state index in [1.165, 1.54) is 104 Å². The van der Waals surface area contributed by atoms with E-state index in [4.69, 9.17) is 0 Å². The summed E-state index contributed by atoms with van der Waals surface area (Å²) >= 11 is 0. The van der Waals surface area contributed by atoms with E-state index < -0.39 is 0 Å². The molecule has 2 aliphatic rings. The van der Waals surface area contributed by atoms with Gasteiger partial charge in [0.2, 0.25) is 0 Å². The van der Waals surface area contributed by atoms with Crippen LogP contribution in [-0.4, -0.2) is 17.2 Å². The first-order valence-electron chi connectivity index (χ1n) is 21.9. The zero-order chi connectivity index (χ0) is 41.0. The molecule has 0 fully saturated rings. The van der Waals surface area contributed by atoms with E-state index in [0.29, 0.717) is 0 Å².